The van der Waals surface area contributed by atoms with Crippen molar-refractivity contribution in [2.24, 2.45) is 0 Å². The van der Waals surface area contributed by atoms with Gasteiger partial charge in [0.25, 0.3) is 0 Å². The first-order chi connectivity index (χ1) is 12.2. The fraction of sp³-hybridized carbons (Fsp3) is 0.632. The minimum Gasteiger partial charge on any atom is -0.491 e. The highest BCUT2D eigenvalue weighted by Gasteiger charge is 2.34. The second-order valence-corrected chi connectivity index (χ2v) is 6.87. The second-order valence-electron chi connectivity index (χ2n) is 6.87. The third-order valence-electron chi connectivity index (χ3n) is 5.16. The Morgan fingerprint density at radius 3 is 2.52 bits per heavy atom. The summed E-state index contributed by atoms with van der Waals surface area (Å²) in [7, 11) is 0. The van der Waals surface area contributed by atoms with E-state index in [1.807, 2.05) is 47.1 Å². The second kappa shape index (κ2) is 8.54. The third kappa shape index (κ3) is 4.64. The zero-order valence-electron chi connectivity index (χ0n) is 15.0. The number of likely N-dealkylation sites (tertiary alicyclic amines) is 1. The number of nitrogens with zero attached hydrogens (tertiary/aromatic N) is 3. The summed E-state index contributed by atoms with van der Waals surface area (Å²) < 4.78 is 5.61. The molecule has 0 spiro atoms. The molecule has 2 heterocycles. The van der Waals surface area contributed by atoms with Crippen molar-refractivity contribution in [2.75, 3.05) is 45.9 Å². The van der Waals surface area contributed by atoms with E-state index in [4.69, 9.17) is 4.74 Å². The minimum absolute atomic E-state index is 0.192. The van der Waals surface area contributed by atoms with Crippen LogP contribution in [0.3, 0.4) is 0 Å². The lowest BCUT2D eigenvalue weighted by Crippen LogP contribution is -2.48. The number of aliphatic hydroxyl groups is 1. The van der Waals surface area contributed by atoms with Crippen LogP contribution in [-0.4, -0.2) is 83.9 Å². The van der Waals surface area contributed by atoms with Gasteiger partial charge in [-0.05, 0) is 31.9 Å². The summed E-state index contributed by atoms with van der Waals surface area (Å²) >= 11 is 0. The highest BCUT2D eigenvalue weighted by atomic mass is 16.5. The largest absolute Gasteiger partial charge is 0.491 e. The standard InChI is InChI=1S/C19H29N3O3/c1-2-21-12-13-22(19(21)24)16-8-10-20(11-9-16)14-17(23)15-25-18-6-4-3-5-7-18/h3-7,16-17,23H,2,8-15H2,1H3/t17-/m1/s1. The summed E-state index contributed by atoms with van der Waals surface area (Å²) in [6.07, 6.45) is 1.46. The fourth-order valence-corrected chi connectivity index (χ4v) is 3.71. The fourth-order valence-electron chi connectivity index (χ4n) is 3.71. The van der Waals surface area contributed by atoms with Gasteiger partial charge in [-0.1, -0.05) is 18.2 Å². The Labute approximate surface area is 150 Å². The van der Waals surface area contributed by atoms with Crippen molar-refractivity contribution in [2.45, 2.75) is 31.9 Å². The van der Waals surface area contributed by atoms with E-state index in [2.05, 4.69) is 4.90 Å². The first kappa shape index (κ1) is 18.0. The quantitative estimate of drug-likeness (QED) is 0.815. The molecular weight excluding hydrogens is 318 g/mol. The zero-order valence-corrected chi connectivity index (χ0v) is 15.0. The van der Waals surface area contributed by atoms with Crippen LogP contribution in [0.15, 0.2) is 30.3 Å². The molecule has 6 nitrogen and oxygen atoms in total. The molecule has 6 heteroatoms. The number of carbonyl (C=O) groups is 1. The van der Waals surface area contributed by atoms with Gasteiger partial charge in [0.05, 0.1) is 0 Å². The van der Waals surface area contributed by atoms with E-state index in [1.54, 1.807) is 0 Å². The normalized spacial score (nSPS) is 21.0. The molecule has 25 heavy (non-hydrogen) atoms. The Morgan fingerprint density at radius 2 is 1.88 bits per heavy atom. The average molecular weight is 347 g/mol. The number of hydrogen-bond donors (Lipinski definition) is 1. The molecule has 0 saturated carbocycles. The zero-order chi connectivity index (χ0) is 17.6. The van der Waals surface area contributed by atoms with Gasteiger partial charge in [0.15, 0.2) is 0 Å². The van der Waals surface area contributed by atoms with Crippen molar-refractivity contribution < 1.29 is 14.6 Å². The van der Waals surface area contributed by atoms with Gasteiger partial charge < -0.3 is 24.5 Å². The summed E-state index contributed by atoms with van der Waals surface area (Å²) in [5.74, 6) is 0.785. The molecule has 138 valence electrons. The van der Waals surface area contributed by atoms with Crippen LogP contribution in [0.1, 0.15) is 19.8 Å². The summed E-state index contributed by atoms with van der Waals surface area (Å²) in [5, 5.41) is 10.2. The lowest BCUT2D eigenvalue weighted by molar-refractivity contribution is 0.0505. The Bertz CT molecular complexity index is 546. The van der Waals surface area contributed by atoms with E-state index in [1.165, 1.54) is 0 Å². The van der Waals surface area contributed by atoms with Gasteiger partial charge in [0, 0.05) is 45.3 Å². The number of benzene rings is 1. The minimum atomic E-state index is -0.499. The van der Waals surface area contributed by atoms with Gasteiger partial charge in [-0.3, -0.25) is 0 Å². The number of ether oxygens (including phenoxy) is 1. The summed E-state index contributed by atoms with van der Waals surface area (Å²) in [6, 6.07) is 10.1. The molecule has 0 unspecified atom stereocenters. The van der Waals surface area contributed by atoms with Gasteiger partial charge in [-0.25, -0.2) is 4.79 Å². The molecule has 0 radical (unpaired) electrons. The number of hydrogen-bond acceptors (Lipinski definition) is 4. The molecule has 1 N–H and O–H groups in total. The van der Waals surface area contributed by atoms with E-state index < -0.39 is 6.10 Å². The van der Waals surface area contributed by atoms with E-state index in [-0.39, 0.29) is 6.03 Å². The van der Waals surface area contributed by atoms with Crippen LogP contribution in [0.2, 0.25) is 0 Å². The molecule has 1 aromatic rings. The number of rotatable bonds is 7. The van der Waals surface area contributed by atoms with E-state index in [0.29, 0.717) is 19.2 Å². The first-order valence-corrected chi connectivity index (χ1v) is 9.31. The average Bonchev–Trinajstić information content (AvgIpc) is 3.02. The van der Waals surface area contributed by atoms with Crippen LogP contribution in [0, 0.1) is 0 Å². The lowest BCUT2D eigenvalue weighted by atomic mass is 10.0. The molecule has 3 rings (SSSR count). The number of piperidine rings is 1. The van der Waals surface area contributed by atoms with Crippen molar-refractivity contribution in [3.05, 3.63) is 30.3 Å². The van der Waals surface area contributed by atoms with Crippen LogP contribution in [0.25, 0.3) is 0 Å². The Morgan fingerprint density at radius 1 is 1.16 bits per heavy atom. The predicted octanol–water partition coefficient (Wildman–Crippen LogP) is 1.65. The Hall–Kier alpha value is -1.79. The molecule has 2 aliphatic rings. The molecule has 1 atom stereocenters. The summed E-state index contributed by atoms with van der Waals surface area (Å²) in [6.45, 7) is 7.29. The first-order valence-electron chi connectivity index (χ1n) is 9.31. The molecular formula is C19H29N3O3. The number of aliphatic hydroxyl groups excluding tert-OH is 1. The van der Waals surface area contributed by atoms with Gasteiger partial charge in [0.1, 0.15) is 18.5 Å². The smallest absolute Gasteiger partial charge is 0.320 e. The number of para-hydroxylation sites is 1. The van der Waals surface area contributed by atoms with Crippen molar-refractivity contribution in [3.8, 4) is 5.75 Å². The van der Waals surface area contributed by atoms with Crippen LogP contribution >= 0.6 is 0 Å². The molecule has 2 saturated heterocycles. The molecule has 2 amide bonds. The highest BCUT2D eigenvalue weighted by Crippen LogP contribution is 2.21. The van der Waals surface area contributed by atoms with Crippen LogP contribution in [0.5, 0.6) is 5.75 Å². The molecule has 0 aromatic heterocycles. The molecule has 2 aliphatic heterocycles. The van der Waals surface area contributed by atoms with Crippen LogP contribution in [-0.2, 0) is 0 Å². The molecule has 2 fully saturated rings. The number of carbonyl (C=O) groups excluding carboxylic acids is 1. The lowest BCUT2D eigenvalue weighted by Gasteiger charge is -2.37. The summed E-state index contributed by atoms with van der Waals surface area (Å²) in [5.41, 5.74) is 0. The number of likely N-dealkylation sites (N-methyl/N-ethyl adjacent to an activating group) is 1. The number of amides is 2. The van der Waals surface area contributed by atoms with E-state index in [0.717, 1.165) is 51.3 Å². The molecule has 1 aromatic carbocycles. The number of urea groups is 1. The van der Waals surface area contributed by atoms with Crippen LogP contribution in [0.4, 0.5) is 4.79 Å². The molecule has 0 bridgehead atoms. The van der Waals surface area contributed by atoms with Crippen molar-refractivity contribution >= 4 is 6.03 Å². The van der Waals surface area contributed by atoms with Crippen LogP contribution < -0.4 is 4.74 Å². The van der Waals surface area contributed by atoms with Gasteiger partial charge >= 0.3 is 6.03 Å². The van der Waals surface area contributed by atoms with Crippen molar-refractivity contribution in [1.29, 1.82) is 0 Å². The Balaban J connectivity index is 1.38. The molecule has 0 aliphatic carbocycles. The monoisotopic (exact) mass is 347 g/mol. The Kier molecular flexibility index (Phi) is 6.15. The third-order valence-corrected chi connectivity index (χ3v) is 5.16. The maximum Gasteiger partial charge on any atom is 0.320 e. The predicted molar refractivity (Wildman–Crippen MR) is 96.8 cm³/mol. The SMILES string of the molecule is CCN1CCN(C2CCN(C[C@@H](O)COc3ccccc3)CC2)C1=O. The summed E-state index contributed by atoms with van der Waals surface area (Å²) in [4.78, 5) is 18.5. The topological polar surface area (TPSA) is 56.3 Å². The van der Waals surface area contributed by atoms with Crippen molar-refractivity contribution in [3.63, 3.8) is 0 Å². The maximum atomic E-state index is 12.3. The van der Waals surface area contributed by atoms with E-state index >= 15 is 0 Å². The maximum absolute atomic E-state index is 12.3. The number of β-amino-alcohol motifs (C(OH)–C–C–N with tert-alkyl or cyclic N) is 1. The van der Waals surface area contributed by atoms with Gasteiger partial charge in [0.2, 0.25) is 0 Å². The van der Waals surface area contributed by atoms with Gasteiger partial charge in [-0.2, -0.15) is 0 Å². The highest BCUT2D eigenvalue weighted by molar-refractivity contribution is 5.76. The van der Waals surface area contributed by atoms with E-state index in [9.17, 15) is 9.90 Å². The van der Waals surface area contributed by atoms with Crippen molar-refractivity contribution in [1.82, 2.24) is 14.7 Å². The van der Waals surface area contributed by atoms with Gasteiger partial charge in [-0.15, -0.1) is 0 Å².